The van der Waals surface area contributed by atoms with Gasteiger partial charge in [-0.05, 0) is 32.9 Å². The number of fused-ring (bicyclic) bond motifs is 1. The van der Waals surface area contributed by atoms with Gasteiger partial charge in [0.1, 0.15) is 11.4 Å². The van der Waals surface area contributed by atoms with Crippen LogP contribution in [0.4, 0.5) is 0 Å². The number of hydrogen-bond acceptors (Lipinski definition) is 3. The molecule has 0 bridgehead atoms. The zero-order chi connectivity index (χ0) is 12.5. The SMILES string of the molecule is CC(C)(C)Oc1cc(CO)nc2ccccc12. The molecule has 0 amide bonds. The molecule has 2 aromatic rings. The van der Waals surface area contributed by atoms with Crippen LogP contribution in [-0.2, 0) is 6.61 Å². The Hall–Kier alpha value is -1.61. The van der Waals surface area contributed by atoms with Crippen molar-refractivity contribution in [2.75, 3.05) is 0 Å². The largest absolute Gasteiger partial charge is 0.487 e. The van der Waals surface area contributed by atoms with Crippen LogP contribution < -0.4 is 4.74 Å². The molecule has 0 saturated carbocycles. The van der Waals surface area contributed by atoms with Crippen LogP contribution in [-0.4, -0.2) is 15.7 Å². The second kappa shape index (κ2) is 4.34. The van der Waals surface area contributed by atoms with Crippen molar-refractivity contribution in [2.24, 2.45) is 0 Å². The molecule has 2 rings (SSSR count). The van der Waals surface area contributed by atoms with Crippen LogP contribution in [0.5, 0.6) is 5.75 Å². The summed E-state index contributed by atoms with van der Waals surface area (Å²) in [6.07, 6.45) is 0. The normalized spacial score (nSPS) is 11.8. The van der Waals surface area contributed by atoms with E-state index in [1.54, 1.807) is 6.07 Å². The van der Waals surface area contributed by atoms with Crippen molar-refractivity contribution >= 4 is 10.9 Å². The summed E-state index contributed by atoms with van der Waals surface area (Å²) in [6.45, 7) is 5.92. The van der Waals surface area contributed by atoms with Gasteiger partial charge in [0.25, 0.3) is 0 Å². The molecule has 0 atom stereocenters. The maximum Gasteiger partial charge on any atom is 0.131 e. The Labute approximate surface area is 101 Å². The van der Waals surface area contributed by atoms with Crippen molar-refractivity contribution in [3.05, 3.63) is 36.0 Å². The summed E-state index contributed by atoms with van der Waals surface area (Å²) in [5, 5.41) is 10.2. The highest BCUT2D eigenvalue weighted by Gasteiger charge is 2.15. The molecule has 0 radical (unpaired) electrons. The van der Waals surface area contributed by atoms with Gasteiger partial charge in [-0.2, -0.15) is 0 Å². The fourth-order valence-electron chi connectivity index (χ4n) is 1.69. The van der Waals surface area contributed by atoms with Crippen molar-refractivity contribution in [3.8, 4) is 5.75 Å². The molecule has 3 heteroatoms. The molecule has 0 unspecified atom stereocenters. The number of para-hydroxylation sites is 1. The van der Waals surface area contributed by atoms with Gasteiger partial charge >= 0.3 is 0 Å². The topological polar surface area (TPSA) is 42.4 Å². The zero-order valence-corrected chi connectivity index (χ0v) is 10.4. The van der Waals surface area contributed by atoms with E-state index >= 15 is 0 Å². The minimum atomic E-state index is -0.267. The minimum Gasteiger partial charge on any atom is -0.487 e. The highest BCUT2D eigenvalue weighted by atomic mass is 16.5. The van der Waals surface area contributed by atoms with Crippen molar-refractivity contribution in [1.82, 2.24) is 4.98 Å². The number of pyridine rings is 1. The summed E-state index contributed by atoms with van der Waals surface area (Å²) in [4.78, 5) is 4.35. The number of aliphatic hydroxyl groups is 1. The van der Waals surface area contributed by atoms with E-state index < -0.39 is 0 Å². The lowest BCUT2D eigenvalue weighted by Crippen LogP contribution is -2.23. The highest BCUT2D eigenvalue weighted by molar-refractivity contribution is 5.85. The number of aromatic nitrogens is 1. The summed E-state index contributed by atoms with van der Waals surface area (Å²) < 4.78 is 5.91. The van der Waals surface area contributed by atoms with E-state index in [9.17, 15) is 5.11 Å². The molecule has 1 aromatic heterocycles. The summed E-state index contributed by atoms with van der Waals surface area (Å²) in [5.74, 6) is 0.771. The van der Waals surface area contributed by atoms with Gasteiger partial charge < -0.3 is 9.84 Å². The molecule has 0 spiro atoms. The molecule has 1 N–H and O–H groups in total. The molecule has 90 valence electrons. The minimum absolute atomic E-state index is 0.0780. The van der Waals surface area contributed by atoms with Crippen LogP contribution in [0.1, 0.15) is 26.5 Å². The van der Waals surface area contributed by atoms with Crippen LogP contribution in [0.15, 0.2) is 30.3 Å². The van der Waals surface area contributed by atoms with Gasteiger partial charge in [0.05, 0.1) is 17.8 Å². The molecule has 3 nitrogen and oxygen atoms in total. The second-order valence-electron chi connectivity index (χ2n) is 5.00. The van der Waals surface area contributed by atoms with Crippen molar-refractivity contribution in [1.29, 1.82) is 0 Å². The summed E-state index contributed by atoms with van der Waals surface area (Å²) in [7, 11) is 0. The average Bonchev–Trinajstić information content (AvgIpc) is 2.26. The van der Waals surface area contributed by atoms with Gasteiger partial charge in [-0.15, -0.1) is 0 Å². The Bertz CT molecular complexity index is 529. The monoisotopic (exact) mass is 231 g/mol. The predicted molar refractivity (Wildman–Crippen MR) is 68.0 cm³/mol. The Morgan fingerprint density at radius 3 is 2.59 bits per heavy atom. The molecule has 0 aliphatic rings. The van der Waals surface area contributed by atoms with Crippen LogP contribution in [0.3, 0.4) is 0 Å². The summed E-state index contributed by atoms with van der Waals surface area (Å²) >= 11 is 0. The number of benzene rings is 1. The maximum absolute atomic E-state index is 9.20. The molecule has 1 heterocycles. The molecule has 0 aliphatic heterocycles. The molecular weight excluding hydrogens is 214 g/mol. The van der Waals surface area contributed by atoms with Gasteiger partial charge in [-0.25, -0.2) is 0 Å². The average molecular weight is 231 g/mol. The van der Waals surface area contributed by atoms with Crippen molar-refractivity contribution < 1.29 is 9.84 Å². The van der Waals surface area contributed by atoms with E-state index in [2.05, 4.69) is 4.98 Å². The molecule has 17 heavy (non-hydrogen) atoms. The number of ether oxygens (including phenoxy) is 1. The number of hydrogen-bond donors (Lipinski definition) is 1. The Kier molecular flexibility index (Phi) is 3.03. The first-order valence-corrected chi connectivity index (χ1v) is 5.68. The van der Waals surface area contributed by atoms with Gasteiger partial charge in [0, 0.05) is 11.5 Å². The molecular formula is C14H17NO2. The zero-order valence-electron chi connectivity index (χ0n) is 10.4. The van der Waals surface area contributed by atoms with Crippen LogP contribution in [0, 0.1) is 0 Å². The lowest BCUT2D eigenvalue weighted by molar-refractivity contribution is 0.132. The van der Waals surface area contributed by atoms with E-state index in [-0.39, 0.29) is 12.2 Å². The summed E-state index contributed by atoms with van der Waals surface area (Å²) in [5.41, 5.74) is 1.21. The van der Waals surface area contributed by atoms with Crippen molar-refractivity contribution in [3.63, 3.8) is 0 Å². The number of rotatable bonds is 2. The number of aliphatic hydroxyl groups excluding tert-OH is 1. The first-order chi connectivity index (χ1) is 7.99. The molecule has 1 aromatic carbocycles. The second-order valence-corrected chi connectivity index (χ2v) is 5.00. The lowest BCUT2D eigenvalue weighted by atomic mass is 10.1. The predicted octanol–water partition coefficient (Wildman–Crippen LogP) is 2.90. The van der Waals surface area contributed by atoms with E-state index in [0.29, 0.717) is 5.69 Å². The van der Waals surface area contributed by atoms with Crippen molar-refractivity contribution in [2.45, 2.75) is 33.0 Å². The quantitative estimate of drug-likeness (QED) is 0.864. The Morgan fingerprint density at radius 1 is 1.24 bits per heavy atom. The first-order valence-electron chi connectivity index (χ1n) is 5.68. The number of nitrogens with zero attached hydrogens (tertiary/aromatic N) is 1. The van der Waals surface area contributed by atoms with E-state index in [1.165, 1.54) is 0 Å². The maximum atomic E-state index is 9.20. The third kappa shape index (κ3) is 2.74. The smallest absolute Gasteiger partial charge is 0.131 e. The van der Waals surface area contributed by atoms with Crippen LogP contribution in [0.2, 0.25) is 0 Å². The van der Waals surface area contributed by atoms with Gasteiger partial charge in [-0.1, -0.05) is 12.1 Å². The fraction of sp³-hybridized carbons (Fsp3) is 0.357. The van der Waals surface area contributed by atoms with E-state index in [4.69, 9.17) is 4.74 Å². The third-order valence-electron chi connectivity index (χ3n) is 2.31. The van der Waals surface area contributed by atoms with Crippen LogP contribution >= 0.6 is 0 Å². The lowest BCUT2D eigenvalue weighted by Gasteiger charge is -2.22. The highest BCUT2D eigenvalue weighted by Crippen LogP contribution is 2.28. The fourth-order valence-corrected chi connectivity index (χ4v) is 1.69. The third-order valence-corrected chi connectivity index (χ3v) is 2.31. The Morgan fingerprint density at radius 2 is 1.94 bits per heavy atom. The standard InChI is InChI=1S/C14H17NO2/c1-14(2,3)17-13-8-10(9-16)15-12-7-5-4-6-11(12)13/h4-8,16H,9H2,1-3H3. The summed E-state index contributed by atoms with van der Waals surface area (Å²) in [6, 6.07) is 9.58. The van der Waals surface area contributed by atoms with Gasteiger partial charge in [0.2, 0.25) is 0 Å². The van der Waals surface area contributed by atoms with Gasteiger partial charge in [-0.3, -0.25) is 4.98 Å². The van der Waals surface area contributed by atoms with Gasteiger partial charge in [0.15, 0.2) is 0 Å². The van der Waals surface area contributed by atoms with Crippen LogP contribution in [0.25, 0.3) is 10.9 Å². The Balaban J connectivity index is 2.58. The van der Waals surface area contributed by atoms with E-state index in [1.807, 2.05) is 45.0 Å². The molecule has 0 fully saturated rings. The molecule has 0 saturated heterocycles. The first kappa shape index (κ1) is 11.9. The van der Waals surface area contributed by atoms with E-state index in [0.717, 1.165) is 16.7 Å². The molecule has 0 aliphatic carbocycles.